The fourth-order valence-electron chi connectivity index (χ4n) is 1.77. The second kappa shape index (κ2) is 9.23. The lowest BCUT2D eigenvalue weighted by molar-refractivity contribution is -0.127. The number of hydrogen-bond donors (Lipinski definition) is 3. The lowest BCUT2D eigenvalue weighted by Gasteiger charge is -2.29. The molecule has 0 aliphatic carbocycles. The van der Waals surface area contributed by atoms with Crippen LogP contribution in [0.25, 0.3) is 0 Å². The van der Waals surface area contributed by atoms with Gasteiger partial charge in [0.1, 0.15) is 0 Å². The summed E-state index contributed by atoms with van der Waals surface area (Å²) < 4.78 is 0.0774. The molecule has 0 aromatic heterocycles. The molecule has 0 spiro atoms. The van der Waals surface area contributed by atoms with Crippen LogP contribution in [0.1, 0.15) is 40.5 Å². The van der Waals surface area contributed by atoms with Crippen molar-refractivity contribution in [2.24, 2.45) is 11.7 Å². The monoisotopic (exact) mass is 303 g/mol. The molecule has 0 rings (SSSR count). The summed E-state index contributed by atoms with van der Waals surface area (Å²) in [6.07, 6.45) is 4.05. The first-order chi connectivity index (χ1) is 9.31. The summed E-state index contributed by atoms with van der Waals surface area (Å²) >= 11 is 1.77. The minimum absolute atomic E-state index is 0.0167. The second-order valence-electron chi connectivity index (χ2n) is 5.36. The third-order valence-electron chi connectivity index (χ3n) is 3.77. The van der Waals surface area contributed by atoms with Crippen molar-refractivity contribution < 1.29 is 9.59 Å². The second-order valence-corrected chi connectivity index (χ2v) is 6.63. The summed E-state index contributed by atoms with van der Waals surface area (Å²) in [6, 6.07) is -0.570. The van der Waals surface area contributed by atoms with Gasteiger partial charge in [0.2, 0.25) is 11.8 Å². The number of nitrogens with one attached hydrogen (secondary N) is 2. The van der Waals surface area contributed by atoms with E-state index in [-0.39, 0.29) is 29.0 Å². The molecule has 0 aromatic carbocycles. The topological polar surface area (TPSA) is 84.2 Å². The lowest BCUT2D eigenvalue weighted by Crippen LogP contribution is -2.48. The highest BCUT2D eigenvalue weighted by Crippen LogP contribution is 2.29. The van der Waals surface area contributed by atoms with E-state index in [1.807, 2.05) is 13.8 Å². The first kappa shape index (κ1) is 19.2. The molecule has 0 aromatic rings. The Hall–Kier alpha value is -0.750. The van der Waals surface area contributed by atoms with Gasteiger partial charge in [0.25, 0.3) is 0 Å². The third kappa shape index (κ3) is 6.13. The van der Waals surface area contributed by atoms with E-state index in [0.717, 1.165) is 12.8 Å². The molecule has 1 atom stereocenters. The molecule has 0 unspecified atom stereocenters. The SMILES string of the molecule is CCC(CC)(CNC(=O)CNC(=O)[C@@H](N)C(C)C)SC. The maximum Gasteiger partial charge on any atom is 0.239 e. The Labute approximate surface area is 126 Å². The van der Waals surface area contributed by atoms with Crippen LogP contribution in [0, 0.1) is 5.92 Å². The maximum absolute atomic E-state index is 11.8. The molecule has 2 amide bonds. The summed E-state index contributed by atoms with van der Waals surface area (Å²) in [5.74, 6) is -0.394. The molecule has 0 radical (unpaired) electrons. The molecule has 0 aliphatic heterocycles. The first-order valence-corrected chi connectivity index (χ1v) is 8.39. The molecule has 6 heteroatoms. The summed E-state index contributed by atoms with van der Waals surface area (Å²) in [7, 11) is 0. The number of thioether (sulfide) groups is 1. The number of rotatable bonds is 9. The van der Waals surface area contributed by atoms with Crippen LogP contribution in [0.5, 0.6) is 0 Å². The predicted molar refractivity (Wildman–Crippen MR) is 85.7 cm³/mol. The van der Waals surface area contributed by atoms with E-state index in [0.29, 0.717) is 6.54 Å². The van der Waals surface area contributed by atoms with Crippen LogP contribution in [0.3, 0.4) is 0 Å². The predicted octanol–water partition coefficient (Wildman–Crippen LogP) is 1.12. The van der Waals surface area contributed by atoms with Gasteiger partial charge in [-0.2, -0.15) is 11.8 Å². The average molecular weight is 303 g/mol. The molecule has 20 heavy (non-hydrogen) atoms. The van der Waals surface area contributed by atoms with Crippen LogP contribution in [-0.2, 0) is 9.59 Å². The van der Waals surface area contributed by atoms with E-state index in [1.54, 1.807) is 11.8 Å². The molecule has 0 fully saturated rings. The summed E-state index contributed by atoms with van der Waals surface area (Å²) in [4.78, 5) is 23.4. The van der Waals surface area contributed by atoms with Crippen molar-refractivity contribution >= 4 is 23.6 Å². The van der Waals surface area contributed by atoms with Gasteiger partial charge in [0.05, 0.1) is 12.6 Å². The normalized spacial score (nSPS) is 13.2. The molecule has 0 bridgehead atoms. The van der Waals surface area contributed by atoms with Crippen LogP contribution in [0.15, 0.2) is 0 Å². The number of amides is 2. The fraction of sp³-hybridized carbons (Fsp3) is 0.857. The van der Waals surface area contributed by atoms with Gasteiger partial charge < -0.3 is 16.4 Å². The average Bonchev–Trinajstić information content (AvgIpc) is 2.45. The molecular weight excluding hydrogens is 274 g/mol. The fourth-order valence-corrected chi connectivity index (χ4v) is 2.56. The Bertz CT molecular complexity index is 309. The summed E-state index contributed by atoms with van der Waals surface area (Å²) in [6.45, 7) is 8.59. The molecule has 0 aliphatic rings. The Morgan fingerprint density at radius 3 is 2.15 bits per heavy atom. The first-order valence-electron chi connectivity index (χ1n) is 7.17. The lowest BCUT2D eigenvalue weighted by atomic mass is 10.0. The van der Waals surface area contributed by atoms with Crippen molar-refractivity contribution in [2.75, 3.05) is 19.3 Å². The van der Waals surface area contributed by atoms with Crippen molar-refractivity contribution in [2.45, 2.75) is 51.3 Å². The van der Waals surface area contributed by atoms with Crippen LogP contribution < -0.4 is 16.4 Å². The highest BCUT2D eigenvalue weighted by molar-refractivity contribution is 8.00. The Morgan fingerprint density at radius 2 is 1.75 bits per heavy atom. The smallest absolute Gasteiger partial charge is 0.239 e. The standard InChI is InChI=1S/C14H29N3O2S/c1-6-14(7-2,20-5)9-17-11(18)8-16-13(19)12(15)10(3)4/h10,12H,6-9,15H2,1-5H3,(H,16,19)(H,17,18)/t12-/m0/s1. The van der Waals surface area contributed by atoms with Gasteiger partial charge in [0.15, 0.2) is 0 Å². The van der Waals surface area contributed by atoms with E-state index in [1.165, 1.54) is 0 Å². The number of carbonyl (C=O) groups excluding carboxylic acids is 2. The molecule has 118 valence electrons. The molecule has 0 saturated carbocycles. The molecule has 5 nitrogen and oxygen atoms in total. The van der Waals surface area contributed by atoms with Crippen LogP contribution in [0.2, 0.25) is 0 Å². The molecular formula is C14H29N3O2S. The van der Waals surface area contributed by atoms with Gasteiger partial charge in [-0.3, -0.25) is 9.59 Å². The Kier molecular flexibility index (Phi) is 8.89. The van der Waals surface area contributed by atoms with Gasteiger partial charge in [-0.25, -0.2) is 0 Å². The minimum atomic E-state index is -0.570. The van der Waals surface area contributed by atoms with Crippen molar-refractivity contribution in [3.05, 3.63) is 0 Å². The molecule has 0 saturated heterocycles. The van der Waals surface area contributed by atoms with Gasteiger partial charge in [-0.1, -0.05) is 27.7 Å². The summed E-state index contributed by atoms with van der Waals surface area (Å²) in [5.41, 5.74) is 5.71. The van der Waals surface area contributed by atoms with E-state index in [2.05, 4.69) is 30.7 Å². The quantitative estimate of drug-likeness (QED) is 0.596. The number of nitrogens with two attached hydrogens (primary N) is 1. The van der Waals surface area contributed by atoms with Crippen molar-refractivity contribution in [3.8, 4) is 0 Å². The van der Waals surface area contributed by atoms with Gasteiger partial charge >= 0.3 is 0 Å². The zero-order valence-corrected chi connectivity index (χ0v) is 14.1. The van der Waals surface area contributed by atoms with E-state index < -0.39 is 6.04 Å². The highest BCUT2D eigenvalue weighted by Gasteiger charge is 2.25. The summed E-state index contributed by atoms with van der Waals surface area (Å²) in [5, 5.41) is 5.46. The zero-order chi connectivity index (χ0) is 15.8. The molecule has 4 N–H and O–H groups in total. The van der Waals surface area contributed by atoms with Gasteiger partial charge in [-0.15, -0.1) is 0 Å². The highest BCUT2D eigenvalue weighted by atomic mass is 32.2. The van der Waals surface area contributed by atoms with E-state index >= 15 is 0 Å². The number of carbonyl (C=O) groups is 2. The van der Waals surface area contributed by atoms with Crippen molar-refractivity contribution in [1.82, 2.24) is 10.6 Å². The number of hydrogen-bond acceptors (Lipinski definition) is 4. The van der Waals surface area contributed by atoms with Crippen LogP contribution >= 0.6 is 11.8 Å². The zero-order valence-electron chi connectivity index (χ0n) is 13.3. The van der Waals surface area contributed by atoms with Gasteiger partial charge in [0, 0.05) is 11.3 Å². The maximum atomic E-state index is 11.8. The minimum Gasteiger partial charge on any atom is -0.353 e. The van der Waals surface area contributed by atoms with E-state index in [9.17, 15) is 9.59 Å². The van der Waals surface area contributed by atoms with Crippen molar-refractivity contribution in [3.63, 3.8) is 0 Å². The largest absolute Gasteiger partial charge is 0.353 e. The third-order valence-corrected chi connectivity index (χ3v) is 5.36. The van der Waals surface area contributed by atoms with Crippen LogP contribution in [-0.4, -0.2) is 41.9 Å². The van der Waals surface area contributed by atoms with Gasteiger partial charge in [-0.05, 0) is 25.0 Å². The Morgan fingerprint density at radius 1 is 1.20 bits per heavy atom. The van der Waals surface area contributed by atoms with Crippen molar-refractivity contribution in [1.29, 1.82) is 0 Å². The van der Waals surface area contributed by atoms with Crippen LogP contribution in [0.4, 0.5) is 0 Å². The molecule has 0 heterocycles. The Balaban J connectivity index is 4.16. The van der Waals surface area contributed by atoms with E-state index in [4.69, 9.17) is 5.73 Å².